The summed E-state index contributed by atoms with van der Waals surface area (Å²) >= 11 is 0. The van der Waals surface area contributed by atoms with Crippen molar-refractivity contribution in [1.29, 1.82) is 0 Å². The van der Waals surface area contributed by atoms with Crippen LogP contribution >= 0.6 is 0 Å². The first-order valence-corrected chi connectivity index (χ1v) is 22.6. The molecule has 2 atom stereocenters. The fourth-order valence-corrected chi connectivity index (χ4v) is 12.1. The van der Waals surface area contributed by atoms with Crippen LogP contribution in [0.25, 0.3) is 28.0 Å². The van der Waals surface area contributed by atoms with Crippen molar-refractivity contribution >= 4 is 62.1 Å². The van der Waals surface area contributed by atoms with Gasteiger partial charge in [-0.05, 0) is 181 Å². The molecule has 0 aliphatic heterocycles. The first-order valence-electron chi connectivity index (χ1n) is 22.6. The van der Waals surface area contributed by atoms with Gasteiger partial charge in [0.05, 0.1) is 0 Å². The average Bonchev–Trinajstić information content (AvgIpc) is 3.67. The first kappa shape index (κ1) is 37.7. The first-order chi connectivity index (χ1) is 30.0. The topological polar surface area (TPSA) is 19.6 Å². The zero-order valence-corrected chi connectivity index (χ0v) is 35.3. The van der Waals surface area contributed by atoms with E-state index in [2.05, 4.69) is 193 Å². The Morgan fingerprint density at radius 2 is 0.984 bits per heavy atom. The van der Waals surface area contributed by atoms with Crippen molar-refractivity contribution in [1.82, 2.24) is 0 Å². The number of rotatable bonds is 12. The lowest BCUT2D eigenvalue weighted by atomic mass is 9.42. The molecule has 4 saturated carbocycles. The van der Waals surface area contributed by atoms with E-state index in [4.69, 9.17) is 4.42 Å². The van der Waals surface area contributed by atoms with E-state index in [0.717, 1.165) is 68.6 Å². The Kier molecular flexibility index (Phi) is 9.45. The fraction of sp³-hybridized carbons (Fsp3) is 0.241. The molecule has 4 aliphatic rings. The Bertz CT molecular complexity index is 2770. The van der Waals surface area contributed by atoms with Crippen LogP contribution in [0.15, 0.2) is 181 Å². The van der Waals surface area contributed by atoms with Gasteiger partial charge in [0.15, 0.2) is 0 Å². The highest BCUT2D eigenvalue weighted by molar-refractivity contribution is 6.08. The summed E-state index contributed by atoms with van der Waals surface area (Å²) in [6.07, 6.45) is 13.4. The van der Waals surface area contributed by atoms with Gasteiger partial charge < -0.3 is 14.2 Å². The van der Waals surface area contributed by atoms with Crippen LogP contribution < -0.4 is 9.80 Å². The summed E-state index contributed by atoms with van der Waals surface area (Å²) < 4.78 is 6.54. The highest BCUT2D eigenvalue weighted by atomic mass is 16.3. The van der Waals surface area contributed by atoms with Gasteiger partial charge in [0.2, 0.25) is 0 Å². The molecule has 0 spiro atoms. The lowest BCUT2D eigenvalue weighted by molar-refractivity contribution is -0.0281. The maximum absolute atomic E-state index is 6.54. The van der Waals surface area contributed by atoms with E-state index in [0.29, 0.717) is 0 Å². The molecule has 1 aromatic heterocycles. The summed E-state index contributed by atoms with van der Waals surface area (Å²) in [4.78, 5) is 4.76. The standard InChI is InChI=1S/C58H54N2O/c1-3-5-12-42-19-25-49(26-20-42)60(50-27-23-46(24-28-50)58-38-43-33-44(39-58)37-57(36-43,40-58)45-21-17-41(4-2)18-22-45)52-30-32-56-54(35-52)53-34-51(29-31-55(53)61-56)59(47-13-8-6-9-14-47)48-15-10-7-11-16-48/h4,6-11,13-32,34-35,43-44H,2-3,5,12,33,36-40H2,1H3. The molecule has 12 rings (SSSR count). The van der Waals surface area contributed by atoms with E-state index in [1.807, 2.05) is 6.08 Å². The van der Waals surface area contributed by atoms with Crippen molar-refractivity contribution < 1.29 is 4.42 Å². The van der Waals surface area contributed by atoms with Gasteiger partial charge >= 0.3 is 0 Å². The lowest BCUT2D eigenvalue weighted by Crippen LogP contribution is -2.55. The number of hydrogen-bond acceptors (Lipinski definition) is 3. The monoisotopic (exact) mass is 794 g/mol. The molecule has 0 N–H and O–H groups in total. The Morgan fingerprint density at radius 3 is 1.46 bits per heavy atom. The third-order valence-corrected chi connectivity index (χ3v) is 14.6. The van der Waals surface area contributed by atoms with Crippen molar-refractivity contribution in [2.75, 3.05) is 9.80 Å². The molecule has 0 amide bonds. The van der Waals surface area contributed by atoms with Gasteiger partial charge in [0, 0.05) is 44.9 Å². The van der Waals surface area contributed by atoms with E-state index in [1.165, 1.54) is 73.7 Å². The number of fused-ring (bicyclic) bond motifs is 3. The van der Waals surface area contributed by atoms with Crippen LogP contribution in [-0.2, 0) is 17.3 Å². The van der Waals surface area contributed by atoms with Gasteiger partial charge in [-0.1, -0.05) is 111 Å². The summed E-state index contributed by atoms with van der Waals surface area (Å²) in [6.45, 7) is 6.28. The number of furan rings is 1. The van der Waals surface area contributed by atoms with Crippen molar-refractivity contribution in [3.63, 3.8) is 0 Å². The van der Waals surface area contributed by atoms with Gasteiger partial charge in [-0.25, -0.2) is 0 Å². The average molecular weight is 795 g/mol. The second kappa shape index (κ2) is 15.3. The molecule has 4 aliphatic carbocycles. The van der Waals surface area contributed by atoms with E-state index in [1.54, 1.807) is 5.56 Å². The van der Waals surface area contributed by atoms with Crippen LogP contribution in [0.2, 0.25) is 0 Å². The van der Waals surface area contributed by atoms with Gasteiger partial charge in [-0.15, -0.1) is 0 Å². The van der Waals surface area contributed by atoms with Gasteiger partial charge in [0.1, 0.15) is 11.2 Å². The highest BCUT2D eigenvalue weighted by Gasteiger charge is 2.58. The molecule has 3 nitrogen and oxygen atoms in total. The fourth-order valence-electron chi connectivity index (χ4n) is 12.1. The second-order valence-electron chi connectivity index (χ2n) is 18.5. The number of unbranched alkanes of at least 4 members (excludes halogenated alkanes) is 1. The quantitative estimate of drug-likeness (QED) is 0.123. The van der Waals surface area contributed by atoms with E-state index in [-0.39, 0.29) is 10.8 Å². The van der Waals surface area contributed by atoms with Gasteiger partial charge in [-0.3, -0.25) is 0 Å². The molecular weight excluding hydrogens is 741 g/mol. The molecule has 302 valence electrons. The minimum atomic E-state index is 0.227. The number of anilines is 6. The van der Waals surface area contributed by atoms with Crippen molar-refractivity contribution in [3.8, 4) is 0 Å². The summed E-state index contributed by atoms with van der Waals surface area (Å²) in [5.74, 6) is 1.60. The SMILES string of the molecule is C=Cc1ccc(C23CC4CC(C2)CC(c2ccc(N(c5ccc(CCCC)cc5)c5ccc6oc7ccc(N(c8ccccc8)c8ccccc8)cc7c6c5)cc2)(C4)C3)cc1. The molecule has 8 aromatic rings. The molecular formula is C58H54N2O. The number of para-hydroxylation sites is 2. The summed E-state index contributed by atoms with van der Waals surface area (Å²) in [6, 6.07) is 63.0. The molecule has 1 heterocycles. The molecule has 7 aromatic carbocycles. The van der Waals surface area contributed by atoms with Crippen molar-refractivity contribution in [2.45, 2.75) is 75.5 Å². The van der Waals surface area contributed by atoms with Gasteiger partial charge in [-0.2, -0.15) is 0 Å². The van der Waals surface area contributed by atoms with Crippen LogP contribution in [0.5, 0.6) is 0 Å². The number of aryl methyl sites for hydroxylation is 1. The smallest absolute Gasteiger partial charge is 0.135 e. The number of nitrogens with zero attached hydrogens (tertiary/aromatic N) is 2. The molecule has 2 unspecified atom stereocenters. The van der Waals surface area contributed by atoms with Crippen LogP contribution in [0.4, 0.5) is 34.1 Å². The Labute approximate surface area is 361 Å². The summed E-state index contributed by atoms with van der Waals surface area (Å²) in [5.41, 5.74) is 14.7. The number of benzene rings is 7. The summed E-state index contributed by atoms with van der Waals surface area (Å²) in [5, 5.41) is 2.21. The third-order valence-electron chi connectivity index (χ3n) is 14.6. The number of hydrogen-bond donors (Lipinski definition) is 0. The van der Waals surface area contributed by atoms with Crippen molar-refractivity contribution in [3.05, 3.63) is 199 Å². The van der Waals surface area contributed by atoms with Crippen LogP contribution in [0, 0.1) is 11.8 Å². The zero-order valence-electron chi connectivity index (χ0n) is 35.3. The molecule has 3 heteroatoms. The van der Waals surface area contributed by atoms with E-state index >= 15 is 0 Å². The Balaban J connectivity index is 0.986. The van der Waals surface area contributed by atoms with Crippen LogP contribution in [0.1, 0.15) is 80.5 Å². The second-order valence-corrected chi connectivity index (χ2v) is 18.5. The maximum atomic E-state index is 6.54. The molecule has 61 heavy (non-hydrogen) atoms. The predicted octanol–water partition coefficient (Wildman–Crippen LogP) is 16.3. The minimum Gasteiger partial charge on any atom is -0.456 e. The Morgan fingerprint density at radius 1 is 0.541 bits per heavy atom. The van der Waals surface area contributed by atoms with Crippen LogP contribution in [0.3, 0.4) is 0 Å². The minimum absolute atomic E-state index is 0.227. The lowest BCUT2D eigenvalue weighted by Gasteiger charge is -2.63. The molecule has 4 bridgehead atoms. The third kappa shape index (κ3) is 6.76. The maximum Gasteiger partial charge on any atom is 0.135 e. The van der Waals surface area contributed by atoms with Crippen LogP contribution in [-0.4, -0.2) is 0 Å². The molecule has 4 fully saturated rings. The molecule has 0 saturated heterocycles. The largest absolute Gasteiger partial charge is 0.456 e. The normalized spacial score (nSPS) is 21.5. The van der Waals surface area contributed by atoms with E-state index < -0.39 is 0 Å². The highest BCUT2D eigenvalue weighted by Crippen LogP contribution is 2.66. The van der Waals surface area contributed by atoms with Gasteiger partial charge in [0.25, 0.3) is 0 Å². The molecule has 0 radical (unpaired) electrons. The van der Waals surface area contributed by atoms with E-state index in [9.17, 15) is 0 Å². The predicted molar refractivity (Wildman–Crippen MR) is 256 cm³/mol. The van der Waals surface area contributed by atoms with Crippen molar-refractivity contribution in [2.24, 2.45) is 11.8 Å². The zero-order chi connectivity index (χ0) is 41.0. The summed E-state index contributed by atoms with van der Waals surface area (Å²) in [7, 11) is 0. The Hall–Kier alpha value is -6.32.